The lowest BCUT2D eigenvalue weighted by atomic mass is 10.0. The Kier molecular flexibility index (Phi) is 4.57. The average molecular weight is 431 g/mol. The maximum atomic E-state index is 5.90. The normalized spacial score (nSPS) is 17.5. The topological polar surface area (TPSA) is 83.7 Å². The predicted octanol–water partition coefficient (Wildman–Crippen LogP) is 2.67. The van der Waals surface area contributed by atoms with E-state index in [0.29, 0.717) is 24.1 Å². The van der Waals surface area contributed by atoms with Crippen LogP contribution in [-0.4, -0.2) is 76.1 Å². The molecule has 0 saturated carbocycles. The Morgan fingerprint density at radius 2 is 1.91 bits per heavy atom. The van der Waals surface area contributed by atoms with E-state index >= 15 is 0 Å². The van der Waals surface area contributed by atoms with Crippen LogP contribution >= 0.6 is 0 Å². The van der Waals surface area contributed by atoms with Crippen LogP contribution in [-0.2, 0) is 0 Å². The number of nitrogens with one attached hydrogen (secondary N) is 1. The molecule has 0 atom stereocenters. The van der Waals surface area contributed by atoms with E-state index in [1.54, 1.807) is 4.52 Å². The molecule has 32 heavy (non-hydrogen) atoms. The van der Waals surface area contributed by atoms with Gasteiger partial charge in [-0.2, -0.15) is 9.61 Å². The van der Waals surface area contributed by atoms with E-state index in [-0.39, 0.29) is 0 Å². The molecule has 0 aliphatic carbocycles. The van der Waals surface area contributed by atoms with E-state index in [0.717, 1.165) is 66.2 Å². The summed E-state index contributed by atoms with van der Waals surface area (Å²) in [6.07, 6.45) is 4.07. The minimum absolute atomic E-state index is 0.457. The highest BCUT2D eigenvalue weighted by Gasteiger charge is 2.23. The quantitative estimate of drug-likeness (QED) is 0.531. The molecule has 164 valence electrons. The van der Waals surface area contributed by atoms with Crippen LogP contribution in [0.4, 0.5) is 11.4 Å². The third-order valence-electron chi connectivity index (χ3n) is 6.48. The summed E-state index contributed by atoms with van der Waals surface area (Å²) in [5.41, 5.74) is 4.28. The summed E-state index contributed by atoms with van der Waals surface area (Å²) in [6, 6.07) is 10.8. The van der Waals surface area contributed by atoms with Gasteiger partial charge in [-0.3, -0.25) is 0 Å². The number of rotatable bonds is 3. The first-order valence-electron chi connectivity index (χ1n) is 11.1. The highest BCUT2D eigenvalue weighted by Crippen LogP contribution is 2.34. The van der Waals surface area contributed by atoms with E-state index in [4.69, 9.17) is 9.72 Å². The van der Waals surface area contributed by atoms with Gasteiger partial charge in [-0.25, -0.2) is 4.98 Å². The monoisotopic (exact) mass is 430 g/mol. The van der Waals surface area contributed by atoms with Gasteiger partial charge in [0.15, 0.2) is 5.75 Å². The van der Waals surface area contributed by atoms with Gasteiger partial charge in [-0.1, -0.05) is 18.2 Å². The summed E-state index contributed by atoms with van der Waals surface area (Å²) < 4.78 is 7.62. The van der Waals surface area contributed by atoms with Crippen LogP contribution in [0.3, 0.4) is 0 Å². The first-order valence-corrected chi connectivity index (χ1v) is 11.1. The van der Waals surface area contributed by atoms with Crippen molar-refractivity contribution >= 4 is 27.9 Å². The Hall–Kier alpha value is -3.46. The van der Waals surface area contributed by atoms with Crippen LogP contribution in [0.2, 0.25) is 0 Å². The molecule has 6 rings (SSSR count). The summed E-state index contributed by atoms with van der Waals surface area (Å²) in [6.45, 7) is 3.66. The second-order valence-corrected chi connectivity index (χ2v) is 8.68. The van der Waals surface area contributed by atoms with Gasteiger partial charge in [0.25, 0.3) is 0 Å². The minimum Gasteiger partial charge on any atom is -0.486 e. The Bertz CT molecular complexity index is 1290. The molecule has 1 saturated heterocycles. The molecule has 9 heteroatoms. The lowest BCUT2D eigenvalue weighted by Gasteiger charge is -2.30. The van der Waals surface area contributed by atoms with Crippen molar-refractivity contribution in [2.45, 2.75) is 18.9 Å². The summed E-state index contributed by atoms with van der Waals surface area (Å²) in [5.74, 6) is 1.33. The SMILES string of the molecule is CN1CCC(Nc2cccc3ccc(-c4nnc5c6c(cnn45)N(C)CCO6)nc23)CC1. The lowest BCUT2D eigenvalue weighted by molar-refractivity contribution is 0.264. The first kappa shape index (κ1) is 19.2. The zero-order valence-electron chi connectivity index (χ0n) is 18.3. The maximum Gasteiger partial charge on any atom is 0.222 e. The number of ether oxygens (including phenoxy) is 1. The Balaban J connectivity index is 1.40. The molecular weight excluding hydrogens is 404 g/mol. The second-order valence-electron chi connectivity index (χ2n) is 8.68. The Morgan fingerprint density at radius 1 is 1.03 bits per heavy atom. The smallest absolute Gasteiger partial charge is 0.222 e. The molecule has 4 aromatic rings. The summed E-state index contributed by atoms with van der Waals surface area (Å²) >= 11 is 0. The Labute approximate surface area is 186 Å². The number of likely N-dealkylation sites (tertiary alicyclic amines) is 1. The van der Waals surface area contributed by atoms with Crippen LogP contribution in [0.15, 0.2) is 36.5 Å². The van der Waals surface area contributed by atoms with Gasteiger partial charge in [-0.05, 0) is 45.1 Å². The van der Waals surface area contributed by atoms with Gasteiger partial charge in [0.2, 0.25) is 11.5 Å². The number of piperidine rings is 1. The van der Waals surface area contributed by atoms with E-state index in [2.05, 4.69) is 61.7 Å². The number of likely N-dealkylation sites (N-methyl/N-ethyl adjacent to an activating group) is 1. The number of benzene rings is 1. The van der Waals surface area contributed by atoms with Crippen LogP contribution < -0.4 is 15.0 Å². The number of hydrogen-bond acceptors (Lipinski definition) is 8. The number of anilines is 2. The third-order valence-corrected chi connectivity index (χ3v) is 6.48. The molecule has 9 nitrogen and oxygen atoms in total. The summed E-state index contributed by atoms with van der Waals surface area (Å²) in [4.78, 5) is 9.48. The van der Waals surface area contributed by atoms with Gasteiger partial charge < -0.3 is 19.9 Å². The number of aromatic nitrogens is 5. The zero-order valence-corrected chi connectivity index (χ0v) is 18.3. The molecule has 5 heterocycles. The second kappa shape index (κ2) is 7.59. The van der Waals surface area contributed by atoms with Crippen LogP contribution in [0, 0.1) is 0 Å². The molecule has 0 radical (unpaired) electrons. The standard InChI is InChI=1S/C23H26N8O/c1-29-10-8-16(9-11-29)25-17-5-3-4-15-6-7-18(26-20(15)17)22-27-28-23-21-19(14-24-31(22)23)30(2)12-13-32-21/h3-7,14,16,25H,8-13H2,1-2H3. The maximum absolute atomic E-state index is 5.90. The van der Waals surface area contributed by atoms with E-state index in [1.165, 1.54) is 0 Å². The highest BCUT2D eigenvalue weighted by molar-refractivity contribution is 5.92. The van der Waals surface area contributed by atoms with Crippen molar-refractivity contribution in [3.8, 4) is 17.3 Å². The van der Waals surface area contributed by atoms with Crippen LogP contribution in [0.5, 0.6) is 5.75 Å². The van der Waals surface area contributed by atoms with Crippen molar-refractivity contribution in [1.82, 2.24) is 29.7 Å². The average Bonchev–Trinajstić information content (AvgIpc) is 3.25. The highest BCUT2D eigenvalue weighted by atomic mass is 16.5. The minimum atomic E-state index is 0.457. The van der Waals surface area contributed by atoms with Gasteiger partial charge >= 0.3 is 0 Å². The van der Waals surface area contributed by atoms with Gasteiger partial charge in [0.1, 0.15) is 18.0 Å². The largest absolute Gasteiger partial charge is 0.486 e. The van der Waals surface area contributed by atoms with Crippen molar-refractivity contribution in [3.05, 3.63) is 36.5 Å². The number of para-hydroxylation sites is 1. The Morgan fingerprint density at radius 3 is 2.78 bits per heavy atom. The summed E-state index contributed by atoms with van der Waals surface area (Å²) in [5, 5.41) is 18.2. The van der Waals surface area contributed by atoms with Crippen molar-refractivity contribution < 1.29 is 4.74 Å². The fourth-order valence-electron chi connectivity index (χ4n) is 4.55. The van der Waals surface area contributed by atoms with Crippen LogP contribution in [0.1, 0.15) is 12.8 Å². The number of hydrogen-bond donors (Lipinski definition) is 1. The molecular formula is C23H26N8O. The molecule has 1 fully saturated rings. The molecule has 0 amide bonds. The van der Waals surface area contributed by atoms with E-state index in [1.807, 2.05) is 19.3 Å². The molecule has 0 spiro atoms. The van der Waals surface area contributed by atoms with E-state index in [9.17, 15) is 0 Å². The first-order chi connectivity index (χ1) is 15.7. The van der Waals surface area contributed by atoms with Crippen molar-refractivity contribution in [2.24, 2.45) is 0 Å². The van der Waals surface area contributed by atoms with E-state index < -0.39 is 0 Å². The molecule has 1 N–H and O–H groups in total. The predicted molar refractivity (Wildman–Crippen MR) is 124 cm³/mol. The van der Waals surface area contributed by atoms with Crippen LogP contribution in [0.25, 0.3) is 28.1 Å². The van der Waals surface area contributed by atoms with Crippen molar-refractivity contribution in [2.75, 3.05) is 50.6 Å². The number of nitrogens with zero attached hydrogens (tertiary/aromatic N) is 7. The third kappa shape index (κ3) is 3.20. The molecule has 0 unspecified atom stereocenters. The van der Waals surface area contributed by atoms with Gasteiger partial charge in [0, 0.05) is 18.5 Å². The fourth-order valence-corrected chi connectivity index (χ4v) is 4.55. The number of pyridine rings is 1. The molecule has 3 aromatic heterocycles. The van der Waals surface area contributed by atoms with Gasteiger partial charge in [-0.15, -0.1) is 10.2 Å². The lowest BCUT2D eigenvalue weighted by Crippen LogP contribution is -2.36. The van der Waals surface area contributed by atoms with Crippen molar-refractivity contribution in [1.29, 1.82) is 0 Å². The fraction of sp³-hybridized carbons (Fsp3) is 0.391. The molecule has 2 aliphatic rings. The van der Waals surface area contributed by atoms with Gasteiger partial charge in [0.05, 0.1) is 23.9 Å². The molecule has 0 bridgehead atoms. The van der Waals surface area contributed by atoms with Crippen molar-refractivity contribution in [3.63, 3.8) is 0 Å². The number of fused-ring (bicyclic) bond motifs is 4. The molecule has 1 aromatic carbocycles. The zero-order chi connectivity index (χ0) is 21.7. The molecule has 2 aliphatic heterocycles. The summed E-state index contributed by atoms with van der Waals surface area (Å²) in [7, 11) is 4.21.